The van der Waals surface area contributed by atoms with Crippen molar-refractivity contribution in [3.05, 3.63) is 23.5 Å². The molecule has 1 heterocycles. The highest BCUT2D eigenvalue weighted by Crippen LogP contribution is 2.16. The van der Waals surface area contributed by atoms with Crippen LogP contribution in [0.4, 0.5) is 0 Å². The first-order valence-corrected chi connectivity index (χ1v) is 5.33. The van der Waals surface area contributed by atoms with E-state index in [9.17, 15) is 5.11 Å². The predicted octanol–water partition coefficient (Wildman–Crippen LogP) is 2.18. The fourth-order valence-electron chi connectivity index (χ4n) is 1.66. The van der Waals surface area contributed by atoms with Gasteiger partial charge in [-0.15, -0.1) is 0 Å². The van der Waals surface area contributed by atoms with E-state index in [0.717, 1.165) is 17.9 Å². The Kier molecular flexibility index (Phi) is 4.09. The van der Waals surface area contributed by atoms with Crippen LogP contribution in [-0.4, -0.2) is 28.6 Å². The van der Waals surface area contributed by atoms with Gasteiger partial charge in [0.1, 0.15) is 5.75 Å². The first-order chi connectivity index (χ1) is 6.99. The van der Waals surface area contributed by atoms with Crippen LogP contribution < -0.4 is 0 Å². The zero-order valence-corrected chi connectivity index (χ0v) is 9.99. The number of aromatic nitrogens is 1. The van der Waals surface area contributed by atoms with E-state index in [4.69, 9.17) is 0 Å². The maximum Gasteiger partial charge on any atom is 0.138 e. The monoisotopic (exact) mass is 208 g/mol. The highest BCUT2D eigenvalue weighted by atomic mass is 16.3. The van der Waals surface area contributed by atoms with Gasteiger partial charge in [0.2, 0.25) is 0 Å². The van der Waals surface area contributed by atoms with Crippen LogP contribution in [0.3, 0.4) is 0 Å². The number of aryl methyl sites for hydroxylation is 1. The lowest BCUT2D eigenvalue weighted by atomic mass is 10.2. The van der Waals surface area contributed by atoms with Crippen LogP contribution in [-0.2, 0) is 6.54 Å². The molecule has 0 spiro atoms. The standard InChI is InChI=1S/C12H20N2O/c1-9(2)7-14(4)8-11-12(15)6-5-10(3)13-11/h5-6,9,15H,7-8H2,1-4H3. The molecule has 0 saturated carbocycles. The Labute approximate surface area is 91.8 Å². The van der Waals surface area contributed by atoms with Gasteiger partial charge in [-0.05, 0) is 32.0 Å². The molecule has 3 nitrogen and oxygen atoms in total. The molecule has 1 N–H and O–H groups in total. The molecule has 1 aromatic heterocycles. The van der Waals surface area contributed by atoms with E-state index in [1.807, 2.05) is 20.0 Å². The van der Waals surface area contributed by atoms with Gasteiger partial charge in [0.15, 0.2) is 0 Å². The average Bonchev–Trinajstić information content (AvgIpc) is 2.10. The summed E-state index contributed by atoms with van der Waals surface area (Å²) in [7, 11) is 2.05. The fraction of sp³-hybridized carbons (Fsp3) is 0.583. The number of aromatic hydroxyl groups is 1. The average molecular weight is 208 g/mol. The van der Waals surface area contributed by atoms with Crippen molar-refractivity contribution in [2.45, 2.75) is 27.3 Å². The highest BCUT2D eigenvalue weighted by molar-refractivity contribution is 5.27. The molecule has 0 aliphatic heterocycles. The Balaban J connectivity index is 2.67. The van der Waals surface area contributed by atoms with E-state index >= 15 is 0 Å². The van der Waals surface area contributed by atoms with Crippen molar-refractivity contribution in [2.75, 3.05) is 13.6 Å². The molecular weight excluding hydrogens is 188 g/mol. The zero-order valence-electron chi connectivity index (χ0n) is 9.99. The van der Waals surface area contributed by atoms with Gasteiger partial charge in [-0.25, -0.2) is 0 Å². The summed E-state index contributed by atoms with van der Waals surface area (Å²) in [6.07, 6.45) is 0. The first kappa shape index (κ1) is 12.0. The second-order valence-electron chi connectivity index (χ2n) is 4.51. The third kappa shape index (κ3) is 3.88. The molecule has 15 heavy (non-hydrogen) atoms. The molecule has 0 bridgehead atoms. The first-order valence-electron chi connectivity index (χ1n) is 5.33. The van der Waals surface area contributed by atoms with Crippen molar-refractivity contribution >= 4 is 0 Å². The summed E-state index contributed by atoms with van der Waals surface area (Å²) in [5.74, 6) is 0.915. The summed E-state index contributed by atoms with van der Waals surface area (Å²) in [5.41, 5.74) is 1.71. The molecule has 0 radical (unpaired) electrons. The molecule has 0 saturated heterocycles. The molecule has 1 aromatic rings. The fourth-order valence-corrected chi connectivity index (χ4v) is 1.66. The molecule has 0 atom stereocenters. The molecule has 3 heteroatoms. The molecule has 0 amide bonds. The van der Waals surface area contributed by atoms with Crippen LogP contribution in [0, 0.1) is 12.8 Å². The number of nitrogens with zero attached hydrogens (tertiary/aromatic N) is 2. The number of hydrogen-bond acceptors (Lipinski definition) is 3. The van der Waals surface area contributed by atoms with Crippen LogP contribution >= 0.6 is 0 Å². The summed E-state index contributed by atoms with van der Waals surface area (Å²) in [4.78, 5) is 6.50. The van der Waals surface area contributed by atoms with Gasteiger partial charge >= 0.3 is 0 Å². The third-order valence-corrected chi connectivity index (χ3v) is 2.19. The Morgan fingerprint density at radius 2 is 2.07 bits per heavy atom. The molecule has 0 aliphatic carbocycles. The van der Waals surface area contributed by atoms with Crippen molar-refractivity contribution in [1.29, 1.82) is 0 Å². The Bertz CT molecular complexity index is 323. The van der Waals surface area contributed by atoms with E-state index in [-0.39, 0.29) is 5.75 Å². The number of hydrogen-bond donors (Lipinski definition) is 1. The van der Waals surface area contributed by atoms with E-state index in [1.54, 1.807) is 6.07 Å². The second kappa shape index (κ2) is 5.12. The minimum Gasteiger partial charge on any atom is -0.506 e. The lowest BCUT2D eigenvalue weighted by Gasteiger charge is -2.18. The second-order valence-corrected chi connectivity index (χ2v) is 4.51. The van der Waals surface area contributed by atoms with Crippen molar-refractivity contribution in [1.82, 2.24) is 9.88 Å². The van der Waals surface area contributed by atoms with E-state index in [2.05, 4.69) is 23.7 Å². The SMILES string of the molecule is Cc1ccc(O)c(CN(C)CC(C)C)n1. The molecule has 0 unspecified atom stereocenters. The minimum atomic E-state index is 0.288. The summed E-state index contributed by atoms with van der Waals surface area (Å²) in [5, 5.41) is 9.63. The van der Waals surface area contributed by atoms with Crippen molar-refractivity contribution in [3.8, 4) is 5.75 Å². The van der Waals surface area contributed by atoms with Gasteiger partial charge in [0, 0.05) is 18.8 Å². The molecule has 84 valence electrons. The summed E-state index contributed by atoms with van der Waals surface area (Å²) >= 11 is 0. The lowest BCUT2D eigenvalue weighted by Crippen LogP contribution is -2.23. The van der Waals surface area contributed by atoms with Crippen LogP contribution in [0.15, 0.2) is 12.1 Å². The zero-order chi connectivity index (χ0) is 11.4. The van der Waals surface area contributed by atoms with Crippen LogP contribution in [0.1, 0.15) is 25.2 Å². The maximum absolute atomic E-state index is 9.63. The molecule has 1 rings (SSSR count). The Morgan fingerprint density at radius 3 is 2.67 bits per heavy atom. The van der Waals surface area contributed by atoms with Crippen LogP contribution in [0.5, 0.6) is 5.75 Å². The van der Waals surface area contributed by atoms with E-state index in [0.29, 0.717) is 12.5 Å². The van der Waals surface area contributed by atoms with E-state index in [1.165, 1.54) is 0 Å². The smallest absolute Gasteiger partial charge is 0.138 e. The third-order valence-electron chi connectivity index (χ3n) is 2.19. The quantitative estimate of drug-likeness (QED) is 0.824. The molecule has 0 aliphatic rings. The van der Waals surface area contributed by atoms with E-state index < -0.39 is 0 Å². The van der Waals surface area contributed by atoms with Gasteiger partial charge in [-0.2, -0.15) is 0 Å². The minimum absolute atomic E-state index is 0.288. The van der Waals surface area contributed by atoms with Crippen LogP contribution in [0.2, 0.25) is 0 Å². The van der Waals surface area contributed by atoms with Gasteiger partial charge in [-0.1, -0.05) is 13.8 Å². The maximum atomic E-state index is 9.63. The number of rotatable bonds is 4. The van der Waals surface area contributed by atoms with Crippen molar-refractivity contribution in [3.63, 3.8) is 0 Å². The largest absolute Gasteiger partial charge is 0.506 e. The lowest BCUT2D eigenvalue weighted by molar-refractivity contribution is 0.280. The predicted molar refractivity (Wildman–Crippen MR) is 61.8 cm³/mol. The molecular formula is C12H20N2O. The van der Waals surface area contributed by atoms with Crippen LogP contribution in [0.25, 0.3) is 0 Å². The van der Waals surface area contributed by atoms with Gasteiger partial charge in [-0.3, -0.25) is 4.98 Å². The Hall–Kier alpha value is -1.09. The van der Waals surface area contributed by atoms with Gasteiger partial charge in [0.25, 0.3) is 0 Å². The van der Waals surface area contributed by atoms with Gasteiger partial charge < -0.3 is 10.0 Å². The molecule has 0 fully saturated rings. The topological polar surface area (TPSA) is 36.4 Å². The summed E-state index contributed by atoms with van der Waals surface area (Å²) in [6, 6.07) is 3.53. The normalized spacial score (nSPS) is 11.3. The number of pyridine rings is 1. The van der Waals surface area contributed by atoms with Crippen molar-refractivity contribution < 1.29 is 5.11 Å². The van der Waals surface area contributed by atoms with Crippen molar-refractivity contribution in [2.24, 2.45) is 5.92 Å². The molecule has 0 aromatic carbocycles. The highest BCUT2D eigenvalue weighted by Gasteiger charge is 2.07. The summed E-state index contributed by atoms with van der Waals surface area (Å²) in [6.45, 7) is 8.01. The van der Waals surface area contributed by atoms with Gasteiger partial charge in [0.05, 0.1) is 5.69 Å². The summed E-state index contributed by atoms with van der Waals surface area (Å²) < 4.78 is 0. The Morgan fingerprint density at radius 1 is 1.40 bits per heavy atom.